The van der Waals surface area contributed by atoms with E-state index in [1.54, 1.807) is 37.3 Å². The number of halogens is 3. The van der Waals surface area contributed by atoms with Gasteiger partial charge in [-0.05, 0) is 66.6 Å². The van der Waals surface area contributed by atoms with Crippen molar-refractivity contribution in [3.05, 3.63) is 100 Å². The van der Waals surface area contributed by atoms with Crippen molar-refractivity contribution >= 4 is 17.3 Å². The fourth-order valence-corrected chi connectivity index (χ4v) is 3.10. The van der Waals surface area contributed by atoms with E-state index in [1.807, 2.05) is 12.1 Å². The Morgan fingerprint density at radius 2 is 1.69 bits per heavy atom. The van der Waals surface area contributed by atoms with Gasteiger partial charge >= 0.3 is 0 Å². The molecule has 0 bridgehead atoms. The van der Waals surface area contributed by atoms with E-state index in [4.69, 9.17) is 16.0 Å². The highest BCUT2D eigenvalue weighted by molar-refractivity contribution is 6.30. The largest absolute Gasteiger partial charge is 0.418 e. The lowest BCUT2D eigenvalue weighted by molar-refractivity contribution is 0.493. The monoisotopic (exact) mass is 411 g/mol. The lowest BCUT2D eigenvalue weighted by Crippen LogP contribution is -2.13. The maximum absolute atomic E-state index is 13.5. The van der Waals surface area contributed by atoms with Gasteiger partial charge < -0.3 is 9.73 Å². The average Bonchev–Trinajstić information content (AvgIpc) is 3.18. The van der Waals surface area contributed by atoms with Crippen LogP contribution in [0.1, 0.15) is 23.1 Å². The molecule has 1 unspecified atom stereocenters. The number of aryl methyl sites for hydroxylation is 1. The number of anilines is 1. The second kappa shape index (κ2) is 8.01. The van der Waals surface area contributed by atoms with Crippen molar-refractivity contribution in [2.45, 2.75) is 13.0 Å². The first-order valence-corrected chi connectivity index (χ1v) is 9.25. The molecule has 0 saturated heterocycles. The Bertz CT molecular complexity index is 1150. The van der Waals surface area contributed by atoms with Crippen molar-refractivity contribution in [2.75, 3.05) is 5.32 Å². The molecule has 0 fully saturated rings. The van der Waals surface area contributed by atoms with Gasteiger partial charge in [-0.25, -0.2) is 8.78 Å². The van der Waals surface area contributed by atoms with Gasteiger partial charge in [0.1, 0.15) is 17.7 Å². The molecule has 4 nitrogen and oxygen atoms in total. The van der Waals surface area contributed by atoms with E-state index in [0.717, 1.165) is 16.8 Å². The van der Waals surface area contributed by atoms with Crippen molar-refractivity contribution in [2.24, 2.45) is 0 Å². The minimum atomic E-state index is -0.508. The molecule has 4 aromatic rings. The van der Waals surface area contributed by atoms with Crippen LogP contribution in [0, 0.1) is 18.6 Å². The summed E-state index contributed by atoms with van der Waals surface area (Å²) in [4.78, 5) is 0. The predicted octanol–water partition coefficient (Wildman–Crippen LogP) is 6.18. The Hall–Kier alpha value is -3.25. The maximum Gasteiger partial charge on any atom is 0.247 e. The zero-order valence-corrected chi connectivity index (χ0v) is 16.1. The lowest BCUT2D eigenvalue weighted by Gasteiger charge is -2.18. The highest BCUT2D eigenvalue weighted by Crippen LogP contribution is 2.30. The Labute approximate surface area is 171 Å². The Morgan fingerprint density at radius 1 is 0.931 bits per heavy atom. The third kappa shape index (κ3) is 4.27. The number of hydrogen-bond acceptors (Lipinski definition) is 4. The summed E-state index contributed by atoms with van der Waals surface area (Å²) in [5, 5.41) is 12.1. The van der Waals surface area contributed by atoms with Crippen molar-refractivity contribution in [1.82, 2.24) is 10.2 Å². The SMILES string of the molecule is Cc1cc(F)ccc1NC(c1ccc(Cl)cc1)c1nnc(-c2cccc(F)c2)o1. The van der Waals surface area contributed by atoms with Gasteiger partial charge in [0, 0.05) is 16.3 Å². The molecule has 1 atom stereocenters. The van der Waals surface area contributed by atoms with Crippen LogP contribution in [0.3, 0.4) is 0 Å². The van der Waals surface area contributed by atoms with Gasteiger partial charge in [0.15, 0.2) is 0 Å². The van der Waals surface area contributed by atoms with E-state index < -0.39 is 11.9 Å². The van der Waals surface area contributed by atoms with Crippen LogP contribution >= 0.6 is 11.6 Å². The van der Waals surface area contributed by atoms with Gasteiger partial charge in [-0.1, -0.05) is 29.8 Å². The van der Waals surface area contributed by atoms with Crippen LogP contribution in [-0.4, -0.2) is 10.2 Å². The van der Waals surface area contributed by atoms with E-state index in [1.165, 1.54) is 24.3 Å². The van der Waals surface area contributed by atoms with Crippen LogP contribution in [0.5, 0.6) is 0 Å². The molecule has 0 saturated carbocycles. The zero-order valence-electron chi connectivity index (χ0n) is 15.4. The van der Waals surface area contributed by atoms with Crippen molar-refractivity contribution < 1.29 is 13.2 Å². The average molecular weight is 412 g/mol. The summed E-state index contributed by atoms with van der Waals surface area (Å²) >= 11 is 6.02. The molecule has 1 aromatic heterocycles. The number of aromatic nitrogens is 2. The first-order chi connectivity index (χ1) is 14.0. The molecule has 4 rings (SSSR count). The summed E-state index contributed by atoms with van der Waals surface area (Å²) in [6.45, 7) is 1.80. The summed E-state index contributed by atoms with van der Waals surface area (Å²) < 4.78 is 32.9. The first-order valence-electron chi connectivity index (χ1n) is 8.87. The summed E-state index contributed by atoms with van der Waals surface area (Å²) in [7, 11) is 0. The zero-order chi connectivity index (χ0) is 20.4. The lowest BCUT2D eigenvalue weighted by atomic mass is 10.1. The molecule has 0 aliphatic rings. The van der Waals surface area contributed by atoms with E-state index >= 15 is 0 Å². The van der Waals surface area contributed by atoms with Gasteiger partial charge in [-0.3, -0.25) is 0 Å². The molecule has 0 amide bonds. The number of benzene rings is 3. The van der Waals surface area contributed by atoms with E-state index in [2.05, 4.69) is 15.5 Å². The van der Waals surface area contributed by atoms with Crippen LogP contribution in [0.2, 0.25) is 5.02 Å². The molecule has 0 spiro atoms. The van der Waals surface area contributed by atoms with Crippen LogP contribution in [0.4, 0.5) is 14.5 Å². The van der Waals surface area contributed by atoms with E-state index in [9.17, 15) is 8.78 Å². The normalized spacial score (nSPS) is 12.0. The second-order valence-electron chi connectivity index (χ2n) is 6.54. The highest BCUT2D eigenvalue weighted by Gasteiger charge is 2.22. The second-order valence-corrected chi connectivity index (χ2v) is 6.98. The van der Waals surface area contributed by atoms with Crippen molar-refractivity contribution in [3.63, 3.8) is 0 Å². The molecule has 0 aliphatic heterocycles. The van der Waals surface area contributed by atoms with Crippen LogP contribution in [0.25, 0.3) is 11.5 Å². The number of nitrogens with one attached hydrogen (secondary N) is 1. The molecule has 1 heterocycles. The van der Waals surface area contributed by atoms with E-state index in [-0.39, 0.29) is 17.6 Å². The molecule has 1 N–H and O–H groups in total. The van der Waals surface area contributed by atoms with Crippen molar-refractivity contribution in [1.29, 1.82) is 0 Å². The minimum Gasteiger partial charge on any atom is -0.418 e. The van der Waals surface area contributed by atoms with Gasteiger partial charge in [0.25, 0.3) is 0 Å². The van der Waals surface area contributed by atoms with E-state index in [0.29, 0.717) is 10.6 Å². The first kappa shape index (κ1) is 19.1. The highest BCUT2D eigenvalue weighted by atomic mass is 35.5. The topological polar surface area (TPSA) is 51.0 Å². The van der Waals surface area contributed by atoms with Crippen molar-refractivity contribution in [3.8, 4) is 11.5 Å². The van der Waals surface area contributed by atoms with Crippen LogP contribution in [-0.2, 0) is 0 Å². The van der Waals surface area contributed by atoms with Crippen LogP contribution in [0.15, 0.2) is 71.1 Å². The molecule has 146 valence electrons. The minimum absolute atomic E-state index is 0.205. The smallest absolute Gasteiger partial charge is 0.247 e. The van der Waals surface area contributed by atoms with Crippen LogP contribution < -0.4 is 5.32 Å². The number of nitrogens with zero attached hydrogens (tertiary/aromatic N) is 2. The number of hydrogen-bond donors (Lipinski definition) is 1. The third-order valence-electron chi connectivity index (χ3n) is 4.45. The molecular formula is C22H16ClF2N3O. The Balaban J connectivity index is 1.73. The number of rotatable bonds is 5. The Morgan fingerprint density at radius 3 is 2.41 bits per heavy atom. The summed E-state index contributed by atoms with van der Waals surface area (Å²) in [6.07, 6.45) is 0. The predicted molar refractivity (Wildman–Crippen MR) is 108 cm³/mol. The van der Waals surface area contributed by atoms with Gasteiger partial charge in [0.2, 0.25) is 11.8 Å². The quantitative estimate of drug-likeness (QED) is 0.426. The standard InChI is InChI=1S/C22H16ClF2N3O/c1-13-11-18(25)9-10-19(13)26-20(14-5-7-16(23)8-6-14)22-28-27-21(29-22)15-3-2-4-17(24)12-15/h2-12,20,26H,1H3. The molecule has 29 heavy (non-hydrogen) atoms. The van der Waals surface area contributed by atoms with Gasteiger partial charge in [-0.15, -0.1) is 10.2 Å². The fraction of sp³-hybridized carbons (Fsp3) is 0.0909. The summed E-state index contributed by atoms with van der Waals surface area (Å²) in [6, 6.07) is 17.1. The molecule has 7 heteroatoms. The molecular weight excluding hydrogens is 396 g/mol. The fourth-order valence-electron chi connectivity index (χ4n) is 2.98. The summed E-state index contributed by atoms with van der Waals surface area (Å²) in [5.41, 5.74) is 2.76. The Kier molecular flexibility index (Phi) is 5.27. The summed E-state index contributed by atoms with van der Waals surface area (Å²) in [5.74, 6) is -0.217. The molecule has 0 aliphatic carbocycles. The van der Waals surface area contributed by atoms with Gasteiger partial charge in [0.05, 0.1) is 0 Å². The molecule has 3 aromatic carbocycles. The third-order valence-corrected chi connectivity index (χ3v) is 4.70. The van der Waals surface area contributed by atoms with Gasteiger partial charge in [-0.2, -0.15) is 0 Å². The molecule has 0 radical (unpaired) electrons. The maximum atomic E-state index is 13.5.